The molecule has 8 atom stereocenters. The van der Waals surface area contributed by atoms with Crippen molar-refractivity contribution in [1.82, 2.24) is 10.6 Å². The van der Waals surface area contributed by atoms with Crippen LogP contribution in [-0.4, -0.2) is 53.0 Å². The Labute approximate surface area is 258 Å². The minimum Gasteiger partial charge on any atom is -0.458 e. The third-order valence-corrected chi connectivity index (χ3v) is 7.87. The van der Waals surface area contributed by atoms with Gasteiger partial charge in [-0.2, -0.15) is 0 Å². The predicted molar refractivity (Wildman–Crippen MR) is 171 cm³/mol. The Balaban J connectivity index is 2.45. The lowest BCUT2D eigenvalue weighted by Crippen LogP contribution is -2.48. The van der Waals surface area contributed by atoms with E-state index in [1.165, 1.54) is 13.0 Å². The van der Waals surface area contributed by atoms with E-state index in [1.54, 1.807) is 13.0 Å². The average molecular weight is 597 g/mol. The third-order valence-electron chi connectivity index (χ3n) is 7.87. The molecular formula is C35H52N2O6. The van der Waals surface area contributed by atoms with Gasteiger partial charge in [-0.1, -0.05) is 86.6 Å². The van der Waals surface area contributed by atoms with Crippen LogP contribution >= 0.6 is 0 Å². The molecule has 0 unspecified atom stereocenters. The second-order valence-electron chi connectivity index (χ2n) is 13.3. The molecule has 8 heteroatoms. The highest BCUT2D eigenvalue weighted by Gasteiger charge is 2.36. The summed E-state index contributed by atoms with van der Waals surface area (Å²) >= 11 is 0. The molecule has 1 heterocycles. The number of alkyl carbamates (subject to hydrolysis) is 1. The average Bonchev–Trinajstić information content (AvgIpc) is 2.88. The van der Waals surface area contributed by atoms with Crippen molar-refractivity contribution >= 4 is 18.0 Å². The van der Waals surface area contributed by atoms with Gasteiger partial charge in [-0.3, -0.25) is 4.79 Å². The fraction of sp³-hybridized carbons (Fsp3) is 0.571. The Kier molecular flexibility index (Phi) is 12.8. The van der Waals surface area contributed by atoms with Crippen molar-refractivity contribution in [2.45, 2.75) is 106 Å². The molecule has 0 aromatic carbocycles. The van der Waals surface area contributed by atoms with E-state index < -0.39 is 41.8 Å². The zero-order valence-electron chi connectivity index (χ0n) is 27.5. The minimum absolute atomic E-state index is 0.0597. The van der Waals surface area contributed by atoms with Crippen molar-refractivity contribution in [3.05, 3.63) is 71.9 Å². The summed E-state index contributed by atoms with van der Waals surface area (Å²) in [5, 5.41) is 16.7. The number of ether oxygens (including phenoxy) is 2. The molecule has 1 aliphatic carbocycles. The van der Waals surface area contributed by atoms with Crippen LogP contribution in [0.3, 0.4) is 0 Å². The Morgan fingerprint density at radius 2 is 1.77 bits per heavy atom. The van der Waals surface area contributed by atoms with Gasteiger partial charge in [0.2, 0.25) is 5.91 Å². The summed E-state index contributed by atoms with van der Waals surface area (Å²) in [6.07, 6.45) is 18.1. The first-order valence-corrected chi connectivity index (χ1v) is 15.1. The molecule has 0 saturated carbocycles. The molecule has 238 valence electrons. The number of rotatable bonds is 5. The number of aliphatic hydroxyl groups excluding tert-OH is 1. The first-order chi connectivity index (χ1) is 19.9. The zero-order chi connectivity index (χ0) is 32.5. The van der Waals surface area contributed by atoms with Gasteiger partial charge in [-0.25, -0.2) is 9.59 Å². The molecule has 0 aromatic rings. The van der Waals surface area contributed by atoms with Gasteiger partial charge < -0.3 is 25.2 Å². The third kappa shape index (κ3) is 11.7. The molecule has 0 saturated heterocycles. The van der Waals surface area contributed by atoms with Crippen molar-refractivity contribution in [2.75, 3.05) is 0 Å². The van der Waals surface area contributed by atoms with E-state index in [2.05, 4.69) is 35.8 Å². The highest BCUT2D eigenvalue weighted by atomic mass is 16.6. The molecule has 0 fully saturated rings. The number of carbonyl (C=O) groups excluding carboxylic acids is 3. The number of carbonyl (C=O) groups is 3. The molecule has 0 radical (unpaired) electrons. The van der Waals surface area contributed by atoms with Gasteiger partial charge in [0.25, 0.3) is 0 Å². The van der Waals surface area contributed by atoms with Crippen molar-refractivity contribution in [1.29, 1.82) is 0 Å². The number of amides is 2. The number of esters is 1. The summed E-state index contributed by atoms with van der Waals surface area (Å²) in [5.74, 6) is -1.37. The van der Waals surface area contributed by atoms with Crippen LogP contribution in [0.5, 0.6) is 0 Å². The summed E-state index contributed by atoms with van der Waals surface area (Å²) in [6, 6.07) is -0.704. The van der Waals surface area contributed by atoms with Crippen LogP contribution in [0.15, 0.2) is 71.9 Å². The maximum Gasteiger partial charge on any atom is 0.408 e. The number of nitrogens with one attached hydrogen (secondary N) is 2. The number of hydrogen-bond acceptors (Lipinski definition) is 6. The van der Waals surface area contributed by atoms with Gasteiger partial charge in [-0.05, 0) is 53.4 Å². The van der Waals surface area contributed by atoms with E-state index in [9.17, 15) is 19.5 Å². The first-order valence-electron chi connectivity index (χ1n) is 15.1. The van der Waals surface area contributed by atoms with Gasteiger partial charge >= 0.3 is 12.1 Å². The Bertz CT molecular complexity index is 1190. The Morgan fingerprint density at radius 1 is 1.09 bits per heavy atom. The molecule has 0 spiro atoms. The van der Waals surface area contributed by atoms with Crippen LogP contribution in [-0.2, 0) is 19.1 Å². The second kappa shape index (κ2) is 15.4. The predicted octanol–water partition coefficient (Wildman–Crippen LogP) is 6.11. The molecule has 8 nitrogen and oxygen atoms in total. The lowest BCUT2D eigenvalue weighted by atomic mass is 9.68. The SMILES string of the molecule is CC(=O)N[C@H](C)[C@@H](O)[C@@H](C)[C@@H]1OC(=O)/C=C/C=C(C)\C=C\[C@]2(C)C[C@H](NC(=O)OC(C)(C)C)C=C[C@@H]2/C=C(C)/C=C/[C@H]1C. The second-order valence-corrected chi connectivity index (χ2v) is 13.3. The monoisotopic (exact) mass is 596 g/mol. The highest BCUT2D eigenvalue weighted by molar-refractivity contribution is 5.82. The summed E-state index contributed by atoms with van der Waals surface area (Å²) in [4.78, 5) is 36.9. The van der Waals surface area contributed by atoms with E-state index in [0.717, 1.165) is 11.1 Å². The quantitative estimate of drug-likeness (QED) is 0.261. The highest BCUT2D eigenvalue weighted by Crippen LogP contribution is 2.41. The molecule has 2 rings (SSSR count). The largest absolute Gasteiger partial charge is 0.458 e. The lowest BCUT2D eigenvalue weighted by Gasteiger charge is -2.39. The van der Waals surface area contributed by atoms with Crippen LogP contribution in [0, 0.1) is 23.2 Å². The molecule has 43 heavy (non-hydrogen) atoms. The molecule has 2 amide bonds. The van der Waals surface area contributed by atoms with Crippen LogP contribution in [0.2, 0.25) is 0 Å². The van der Waals surface area contributed by atoms with Crippen molar-refractivity contribution in [2.24, 2.45) is 23.2 Å². The van der Waals surface area contributed by atoms with Gasteiger partial charge in [0.05, 0.1) is 18.2 Å². The van der Waals surface area contributed by atoms with E-state index in [-0.39, 0.29) is 29.2 Å². The van der Waals surface area contributed by atoms with Crippen LogP contribution in [0.1, 0.15) is 75.7 Å². The fourth-order valence-electron chi connectivity index (χ4n) is 5.47. The van der Waals surface area contributed by atoms with Gasteiger partial charge in [0.1, 0.15) is 11.7 Å². The number of fused-ring (bicyclic) bond motifs is 1. The van der Waals surface area contributed by atoms with Gasteiger partial charge in [0.15, 0.2) is 0 Å². The van der Waals surface area contributed by atoms with Crippen molar-refractivity contribution in [3.8, 4) is 0 Å². The van der Waals surface area contributed by atoms with E-state index >= 15 is 0 Å². The first kappa shape index (κ1) is 35.8. The van der Waals surface area contributed by atoms with Crippen LogP contribution in [0.4, 0.5) is 4.79 Å². The smallest absolute Gasteiger partial charge is 0.408 e. The van der Waals surface area contributed by atoms with E-state index in [4.69, 9.17) is 9.47 Å². The molecule has 0 bridgehead atoms. The van der Waals surface area contributed by atoms with Crippen molar-refractivity contribution < 1.29 is 29.0 Å². The number of hydrogen-bond donors (Lipinski definition) is 3. The summed E-state index contributed by atoms with van der Waals surface area (Å²) in [6.45, 7) is 18.6. The summed E-state index contributed by atoms with van der Waals surface area (Å²) in [5.41, 5.74) is 1.08. The topological polar surface area (TPSA) is 114 Å². The van der Waals surface area contributed by atoms with Crippen LogP contribution < -0.4 is 10.6 Å². The van der Waals surface area contributed by atoms with Gasteiger partial charge in [-0.15, -0.1) is 0 Å². The zero-order valence-corrected chi connectivity index (χ0v) is 27.5. The normalized spacial score (nSPS) is 33.5. The summed E-state index contributed by atoms with van der Waals surface area (Å²) < 4.78 is 11.4. The number of cyclic esters (lactones) is 1. The molecule has 0 aromatic heterocycles. The standard InChI is InChI=1S/C35H52N2O6/c1-22-12-11-13-30(39)42-32(25(4)31(40)26(5)36-27(6)38)24(3)15-14-23(2)20-28-16-17-29(21-35(28,10)19-18-22)37-33(41)43-34(7,8)9/h11-20,24-26,28-29,31-32,40H,21H2,1-10H3,(H,36,38)(H,37,41)/b13-11+,15-14+,19-18+,22-12-,23-20+/t24-,25-,26-,28-,29-,31+,32-,35-/m1/s1. The van der Waals surface area contributed by atoms with E-state index in [1.807, 2.05) is 78.8 Å². The van der Waals surface area contributed by atoms with Gasteiger partial charge in [0, 0.05) is 30.8 Å². The Hall–Kier alpha value is -3.39. The minimum atomic E-state index is -0.925. The molecule has 3 N–H and O–H groups in total. The van der Waals surface area contributed by atoms with E-state index in [0.29, 0.717) is 6.42 Å². The molecular weight excluding hydrogens is 544 g/mol. The number of aliphatic hydroxyl groups is 1. The van der Waals surface area contributed by atoms with Crippen LogP contribution in [0.25, 0.3) is 0 Å². The maximum absolute atomic E-state index is 12.8. The maximum atomic E-state index is 12.8. The lowest BCUT2D eigenvalue weighted by molar-refractivity contribution is -0.151. The van der Waals surface area contributed by atoms with Crippen molar-refractivity contribution in [3.63, 3.8) is 0 Å². The molecule has 2 aliphatic rings. The number of allylic oxidation sites excluding steroid dienone is 9. The molecule has 1 aliphatic heterocycles. The fourth-order valence-corrected chi connectivity index (χ4v) is 5.47. The Morgan fingerprint density at radius 3 is 2.40 bits per heavy atom. The summed E-state index contributed by atoms with van der Waals surface area (Å²) in [7, 11) is 0.